The Morgan fingerprint density at radius 1 is 1.07 bits per heavy atom. The Morgan fingerprint density at radius 2 is 1.79 bits per heavy atom. The summed E-state index contributed by atoms with van der Waals surface area (Å²) < 4.78 is 10.0. The van der Waals surface area contributed by atoms with Crippen molar-refractivity contribution in [1.29, 1.82) is 0 Å². The molecule has 1 N–H and O–H groups in total. The number of amides is 2. The Morgan fingerprint density at radius 3 is 2.43 bits per heavy atom. The second kappa shape index (κ2) is 9.55. The zero-order valence-electron chi connectivity index (χ0n) is 16.4. The van der Waals surface area contributed by atoms with Gasteiger partial charge in [-0.3, -0.25) is 9.59 Å². The fourth-order valence-electron chi connectivity index (χ4n) is 2.78. The molecule has 0 unspecified atom stereocenters. The molecule has 0 aromatic heterocycles. The monoisotopic (exact) mass is 384 g/mol. The molecular formula is C21H24N2O5. The molecule has 0 saturated heterocycles. The standard InChI is InChI=1S/C21H24N2O5/c1-14-9-10-19(27-3)17(13-14)22-20(25)11-12-23(15(2)24)18-8-6-5-7-16(18)21(26)28-4/h5-10,13H,11-12H2,1-4H3,(H,22,25). The quantitative estimate of drug-likeness (QED) is 0.741. The third-order valence-corrected chi connectivity index (χ3v) is 4.17. The van der Waals surface area contributed by atoms with E-state index in [4.69, 9.17) is 9.47 Å². The van der Waals surface area contributed by atoms with Crippen molar-refractivity contribution in [3.63, 3.8) is 0 Å². The van der Waals surface area contributed by atoms with Crippen LogP contribution in [0.2, 0.25) is 0 Å². The van der Waals surface area contributed by atoms with Crippen molar-refractivity contribution in [2.75, 3.05) is 31.0 Å². The van der Waals surface area contributed by atoms with Gasteiger partial charge in [0, 0.05) is 19.9 Å². The van der Waals surface area contributed by atoms with Gasteiger partial charge in [0.25, 0.3) is 0 Å². The molecule has 2 aromatic rings. The van der Waals surface area contributed by atoms with Gasteiger partial charge in [0.05, 0.1) is 31.2 Å². The molecule has 0 heterocycles. The predicted octanol–water partition coefficient (Wildman–Crippen LogP) is 3.17. The summed E-state index contributed by atoms with van der Waals surface area (Å²) >= 11 is 0. The van der Waals surface area contributed by atoms with Crippen LogP contribution in [0.15, 0.2) is 42.5 Å². The van der Waals surface area contributed by atoms with Gasteiger partial charge in [-0.2, -0.15) is 0 Å². The van der Waals surface area contributed by atoms with Crippen molar-refractivity contribution in [2.45, 2.75) is 20.3 Å². The highest BCUT2D eigenvalue weighted by molar-refractivity contribution is 6.02. The molecular weight excluding hydrogens is 360 g/mol. The smallest absolute Gasteiger partial charge is 0.339 e. The molecule has 2 aromatic carbocycles. The minimum atomic E-state index is -0.546. The van der Waals surface area contributed by atoms with Crippen LogP contribution in [0.25, 0.3) is 0 Å². The third kappa shape index (κ3) is 5.09. The number of nitrogens with zero attached hydrogens (tertiary/aromatic N) is 1. The number of methoxy groups -OCH3 is 2. The van der Waals surface area contributed by atoms with Gasteiger partial charge in [0.2, 0.25) is 11.8 Å². The highest BCUT2D eigenvalue weighted by atomic mass is 16.5. The first-order valence-corrected chi connectivity index (χ1v) is 8.77. The Hall–Kier alpha value is -3.35. The normalized spacial score (nSPS) is 10.1. The number of para-hydroxylation sites is 1. The number of carbonyl (C=O) groups is 3. The summed E-state index contributed by atoms with van der Waals surface area (Å²) in [6, 6.07) is 12.1. The van der Waals surface area contributed by atoms with E-state index in [1.807, 2.05) is 19.1 Å². The molecule has 0 atom stereocenters. The van der Waals surface area contributed by atoms with Crippen LogP contribution >= 0.6 is 0 Å². The molecule has 28 heavy (non-hydrogen) atoms. The topological polar surface area (TPSA) is 84.9 Å². The summed E-state index contributed by atoms with van der Waals surface area (Å²) in [7, 11) is 2.81. The van der Waals surface area contributed by atoms with E-state index in [1.165, 1.54) is 26.0 Å². The highest BCUT2D eigenvalue weighted by Crippen LogP contribution is 2.26. The summed E-state index contributed by atoms with van der Waals surface area (Å²) in [6.07, 6.45) is 0.0478. The van der Waals surface area contributed by atoms with E-state index in [2.05, 4.69) is 5.32 Å². The molecule has 0 spiro atoms. The number of ether oxygens (including phenoxy) is 2. The lowest BCUT2D eigenvalue weighted by molar-refractivity contribution is -0.117. The summed E-state index contributed by atoms with van der Waals surface area (Å²) in [6.45, 7) is 3.41. The average Bonchev–Trinajstić information content (AvgIpc) is 2.67. The van der Waals surface area contributed by atoms with Crippen LogP contribution in [0, 0.1) is 6.92 Å². The van der Waals surface area contributed by atoms with Crippen molar-refractivity contribution < 1.29 is 23.9 Å². The first-order valence-electron chi connectivity index (χ1n) is 8.77. The van der Waals surface area contributed by atoms with Crippen LogP contribution in [0.3, 0.4) is 0 Å². The van der Waals surface area contributed by atoms with Crippen molar-refractivity contribution >= 4 is 29.2 Å². The Balaban J connectivity index is 2.15. The SMILES string of the molecule is COC(=O)c1ccccc1N(CCC(=O)Nc1cc(C)ccc1OC)C(C)=O. The van der Waals surface area contributed by atoms with Gasteiger partial charge in [-0.15, -0.1) is 0 Å². The van der Waals surface area contributed by atoms with E-state index >= 15 is 0 Å². The van der Waals surface area contributed by atoms with Gasteiger partial charge in [0.1, 0.15) is 5.75 Å². The van der Waals surface area contributed by atoms with Crippen molar-refractivity contribution in [2.24, 2.45) is 0 Å². The highest BCUT2D eigenvalue weighted by Gasteiger charge is 2.20. The van der Waals surface area contributed by atoms with Crippen LogP contribution in [0.5, 0.6) is 5.75 Å². The van der Waals surface area contributed by atoms with Crippen molar-refractivity contribution in [3.8, 4) is 5.75 Å². The van der Waals surface area contributed by atoms with Crippen LogP contribution < -0.4 is 15.0 Å². The number of rotatable bonds is 7. The molecule has 0 aliphatic rings. The first kappa shape index (κ1) is 21.0. The van der Waals surface area contributed by atoms with Gasteiger partial charge < -0.3 is 19.7 Å². The van der Waals surface area contributed by atoms with Gasteiger partial charge >= 0.3 is 5.97 Å². The number of hydrogen-bond donors (Lipinski definition) is 1. The minimum Gasteiger partial charge on any atom is -0.495 e. The van der Waals surface area contributed by atoms with Crippen LogP contribution in [0.1, 0.15) is 29.3 Å². The summed E-state index contributed by atoms with van der Waals surface area (Å²) in [5.74, 6) is -0.544. The Labute approximate surface area is 164 Å². The maximum atomic E-state index is 12.4. The summed E-state index contributed by atoms with van der Waals surface area (Å²) in [5.41, 5.74) is 2.22. The van der Waals surface area contributed by atoms with Gasteiger partial charge in [-0.1, -0.05) is 18.2 Å². The number of hydrogen-bond acceptors (Lipinski definition) is 5. The molecule has 0 aliphatic heterocycles. The first-order chi connectivity index (χ1) is 13.4. The molecule has 0 saturated carbocycles. The lowest BCUT2D eigenvalue weighted by atomic mass is 10.1. The fourth-order valence-corrected chi connectivity index (χ4v) is 2.78. The van der Waals surface area contributed by atoms with E-state index in [1.54, 1.807) is 30.3 Å². The molecule has 7 nitrogen and oxygen atoms in total. The molecule has 148 valence electrons. The fraction of sp³-hybridized carbons (Fsp3) is 0.286. The number of anilines is 2. The number of nitrogens with one attached hydrogen (secondary N) is 1. The van der Waals surface area contributed by atoms with E-state index in [0.717, 1.165) is 5.56 Å². The largest absolute Gasteiger partial charge is 0.495 e. The van der Waals surface area contributed by atoms with Gasteiger partial charge in [-0.05, 0) is 36.8 Å². The van der Waals surface area contributed by atoms with E-state index in [-0.39, 0.29) is 30.3 Å². The van der Waals surface area contributed by atoms with Crippen LogP contribution in [-0.4, -0.2) is 38.5 Å². The number of aryl methyl sites for hydroxylation is 1. The molecule has 0 bridgehead atoms. The summed E-state index contributed by atoms with van der Waals surface area (Å²) in [5, 5.41) is 2.80. The third-order valence-electron chi connectivity index (χ3n) is 4.17. The Bertz CT molecular complexity index is 879. The van der Waals surface area contributed by atoms with Gasteiger partial charge in [-0.25, -0.2) is 4.79 Å². The molecule has 2 amide bonds. The second-order valence-corrected chi connectivity index (χ2v) is 6.18. The average molecular weight is 384 g/mol. The lowest BCUT2D eigenvalue weighted by Crippen LogP contribution is -2.33. The lowest BCUT2D eigenvalue weighted by Gasteiger charge is -2.23. The van der Waals surface area contributed by atoms with Crippen molar-refractivity contribution in [1.82, 2.24) is 0 Å². The maximum Gasteiger partial charge on any atom is 0.339 e. The van der Waals surface area contributed by atoms with E-state index in [9.17, 15) is 14.4 Å². The van der Waals surface area contributed by atoms with Crippen LogP contribution in [-0.2, 0) is 14.3 Å². The van der Waals surface area contributed by atoms with E-state index < -0.39 is 5.97 Å². The van der Waals surface area contributed by atoms with Crippen molar-refractivity contribution in [3.05, 3.63) is 53.6 Å². The molecule has 7 heteroatoms. The number of carbonyl (C=O) groups excluding carboxylic acids is 3. The minimum absolute atomic E-state index is 0.0478. The number of benzene rings is 2. The zero-order valence-corrected chi connectivity index (χ0v) is 16.4. The number of esters is 1. The summed E-state index contributed by atoms with van der Waals surface area (Å²) in [4.78, 5) is 38.0. The zero-order chi connectivity index (χ0) is 20.7. The van der Waals surface area contributed by atoms with Crippen LogP contribution in [0.4, 0.5) is 11.4 Å². The van der Waals surface area contributed by atoms with E-state index in [0.29, 0.717) is 17.1 Å². The van der Waals surface area contributed by atoms with Gasteiger partial charge in [0.15, 0.2) is 0 Å². The molecule has 0 radical (unpaired) electrons. The molecule has 0 fully saturated rings. The Kier molecular flexibility index (Phi) is 7.14. The predicted molar refractivity (Wildman–Crippen MR) is 107 cm³/mol. The maximum absolute atomic E-state index is 12.4. The molecule has 0 aliphatic carbocycles. The second-order valence-electron chi connectivity index (χ2n) is 6.18. The molecule has 2 rings (SSSR count).